The maximum absolute atomic E-state index is 9.75. The zero-order chi connectivity index (χ0) is 54.5. The molecule has 0 saturated heterocycles. The van der Waals surface area contributed by atoms with Crippen molar-refractivity contribution in [3.05, 3.63) is 243 Å². The molecule has 78 heavy (non-hydrogen) atoms. The molecule has 4 unspecified atom stereocenters. The predicted molar refractivity (Wildman–Crippen MR) is 329 cm³/mol. The summed E-state index contributed by atoms with van der Waals surface area (Å²) in [6, 6.07) is 77.4. The fourth-order valence-corrected chi connectivity index (χ4v) is 19.9. The molecule has 14 heteroatoms. The third-order valence-corrected chi connectivity index (χ3v) is 23.1. The van der Waals surface area contributed by atoms with Crippen molar-refractivity contribution in [3.63, 3.8) is 0 Å². The van der Waals surface area contributed by atoms with Gasteiger partial charge in [-0.2, -0.15) is 0 Å². The van der Waals surface area contributed by atoms with Crippen LogP contribution in [0.2, 0.25) is 0 Å². The van der Waals surface area contributed by atoms with Crippen molar-refractivity contribution < 1.29 is 55.7 Å². The first-order valence-electron chi connectivity index (χ1n) is 25.6. The van der Waals surface area contributed by atoms with Crippen molar-refractivity contribution in [1.29, 1.82) is 0 Å². The summed E-state index contributed by atoms with van der Waals surface area (Å²) in [5, 5.41) is 10.8. The molecule has 0 fully saturated rings. The van der Waals surface area contributed by atoms with Gasteiger partial charge in [0.2, 0.25) is 0 Å². The van der Waals surface area contributed by atoms with Crippen molar-refractivity contribution in [2.45, 2.75) is 25.7 Å². The van der Waals surface area contributed by atoms with E-state index in [1.165, 1.54) is 68.1 Å². The Balaban J connectivity index is 0.000000231. The third kappa shape index (κ3) is 20.7. The Morgan fingerprint density at radius 3 is 0.641 bits per heavy atom. The van der Waals surface area contributed by atoms with Gasteiger partial charge in [0.25, 0.3) is 0 Å². The smallest absolute Gasteiger partial charge is 0.496 e. The van der Waals surface area contributed by atoms with Gasteiger partial charge < -0.3 is 36.2 Å². The zero-order valence-corrected chi connectivity index (χ0v) is 49.8. The second kappa shape index (κ2) is 35.2. The summed E-state index contributed by atoms with van der Waals surface area (Å²) in [5.74, 6) is 3.90. The van der Waals surface area contributed by atoms with Crippen LogP contribution in [0.1, 0.15) is 25.7 Å². The standard InChI is InChI=1S/2C28H28O2P2.C8H12.BF4.Rh/c2*1-29-25-17-9-11-19-27(25)31(23-13-5-3-6-14-23)21-22-32(24-15-7-4-8-16-24)28-20-12-10-18-26(28)30-2;1-2-4-6-8-7-5-3-1;2-1(3,4)5;/h2*3-20H,21-22H2,1-2H3;1-2,7-8H,3-6H2;;/q;;;-1;/b;;2-1-,8-7-;;. The average molecular weight is 1210 g/mol. The zero-order valence-electron chi connectivity index (χ0n) is 44.6. The Kier molecular flexibility index (Phi) is 28.6. The van der Waals surface area contributed by atoms with Gasteiger partial charge in [0, 0.05) is 40.7 Å². The van der Waals surface area contributed by atoms with Gasteiger partial charge in [-0.15, -0.1) is 0 Å². The summed E-state index contributed by atoms with van der Waals surface area (Å²) < 4.78 is 62.0. The molecule has 0 amide bonds. The number of para-hydroxylation sites is 4. The molecule has 1 aliphatic rings. The average Bonchev–Trinajstić information content (AvgIpc) is 3.47. The fraction of sp³-hybridized carbons (Fsp3) is 0.188. The number of hydrogen-bond acceptors (Lipinski definition) is 4. The first-order chi connectivity index (χ1) is 37.6. The minimum Gasteiger partial charge on any atom is -0.496 e. The molecule has 8 aromatic rings. The van der Waals surface area contributed by atoms with Gasteiger partial charge in [-0.05, 0) is 128 Å². The van der Waals surface area contributed by atoms with Gasteiger partial charge in [0.15, 0.2) is 0 Å². The summed E-state index contributed by atoms with van der Waals surface area (Å²) in [6.45, 7) is 0. The molecule has 1 aliphatic carbocycles. The first-order valence-corrected chi connectivity index (χ1v) is 31.7. The summed E-state index contributed by atoms with van der Waals surface area (Å²) in [6.07, 6.45) is 18.3. The van der Waals surface area contributed by atoms with E-state index < -0.39 is 38.9 Å². The van der Waals surface area contributed by atoms with Gasteiger partial charge in [-0.3, -0.25) is 0 Å². The van der Waals surface area contributed by atoms with Crippen molar-refractivity contribution in [2.75, 3.05) is 53.1 Å². The van der Waals surface area contributed by atoms with Crippen LogP contribution < -0.4 is 61.4 Å². The van der Waals surface area contributed by atoms with Gasteiger partial charge in [0.05, 0.1) is 28.4 Å². The molecule has 0 saturated carbocycles. The first kappa shape index (κ1) is 63.4. The van der Waals surface area contributed by atoms with Crippen LogP contribution in [-0.4, -0.2) is 60.3 Å². The van der Waals surface area contributed by atoms with Crippen molar-refractivity contribution in [3.8, 4) is 23.0 Å². The SMILES string of the molecule is C1=C\CC/C=C\CC/1.COc1ccccc1P(CCP(c1ccccc1)c1ccccc1OC)c1ccccc1.COc1ccccc1P(CCP(c1ccccc1)c1ccccc1OC)c1ccccc1.F[B-](F)(F)F.[Rh]. The summed E-state index contributed by atoms with van der Waals surface area (Å²) in [4.78, 5) is 0. The summed E-state index contributed by atoms with van der Waals surface area (Å²) in [5.41, 5.74) is 0. The van der Waals surface area contributed by atoms with Crippen LogP contribution in [0.25, 0.3) is 0 Å². The van der Waals surface area contributed by atoms with Gasteiger partial charge >= 0.3 is 7.25 Å². The topological polar surface area (TPSA) is 36.9 Å². The van der Waals surface area contributed by atoms with Crippen molar-refractivity contribution in [1.82, 2.24) is 0 Å². The largest absolute Gasteiger partial charge is 0.673 e. The van der Waals surface area contributed by atoms with Crippen LogP contribution in [-0.2, 0) is 19.5 Å². The van der Waals surface area contributed by atoms with E-state index in [0.29, 0.717) is 0 Å². The number of allylic oxidation sites excluding steroid dienone is 4. The Morgan fingerprint density at radius 2 is 0.462 bits per heavy atom. The van der Waals surface area contributed by atoms with E-state index in [4.69, 9.17) is 18.9 Å². The number of halogens is 4. The Hall–Kier alpha value is -5.43. The van der Waals surface area contributed by atoms with Crippen LogP contribution in [0, 0.1) is 0 Å². The molecule has 0 N–H and O–H groups in total. The maximum Gasteiger partial charge on any atom is 0.673 e. The minimum absolute atomic E-state index is 0. The van der Waals surface area contributed by atoms with E-state index in [1.807, 2.05) is 24.3 Å². The van der Waals surface area contributed by atoms with Gasteiger partial charge in [0.1, 0.15) is 23.0 Å². The molecule has 0 spiro atoms. The molecular weight excluding hydrogens is 1150 g/mol. The quantitative estimate of drug-likeness (QED) is 0.0371. The van der Waals surface area contributed by atoms with E-state index >= 15 is 0 Å². The molecule has 0 bridgehead atoms. The molecular formula is C64H68BF4O4P4Rh-. The molecule has 409 valence electrons. The van der Waals surface area contributed by atoms with E-state index in [9.17, 15) is 17.3 Å². The van der Waals surface area contributed by atoms with Crippen LogP contribution in [0.4, 0.5) is 17.3 Å². The second-order valence-corrected chi connectivity index (χ2v) is 26.4. The number of methoxy groups -OCH3 is 4. The molecule has 0 heterocycles. The molecule has 0 aromatic heterocycles. The van der Waals surface area contributed by atoms with E-state index in [2.05, 4.69) is 218 Å². The number of benzene rings is 8. The third-order valence-electron chi connectivity index (χ3n) is 12.2. The van der Waals surface area contributed by atoms with Crippen LogP contribution in [0.3, 0.4) is 0 Å². The molecule has 1 radical (unpaired) electrons. The van der Waals surface area contributed by atoms with Crippen LogP contribution in [0.5, 0.6) is 23.0 Å². The summed E-state index contributed by atoms with van der Waals surface area (Å²) >= 11 is 0. The monoisotopic (exact) mass is 1210 g/mol. The van der Waals surface area contributed by atoms with E-state index in [1.54, 1.807) is 28.4 Å². The number of hydrogen-bond donors (Lipinski definition) is 0. The molecule has 9 rings (SSSR count). The molecule has 4 atom stereocenters. The minimum atomic E-state index is -6.00. The number of rotatable bonds is 18. The fourth-order valence-electron chi connectivity index (χ4n) is 8.65. The van der Waals surface area contributed by atoms with Gasteiger partial charge in [-0.25, -0.2) is 0 Å². The number of ether oxygens (including phenoxy) is 4. The van der Waals surface area contributed by atoms with Crippen molar-refractivity contribution >= 4 is 81.4 Å². The second-order valence-electron chi connectivity index (χ2n) is 17.2. The normalized spacial score (nSPS) is 14.1. The molecule has 8 aromatic carbocycles. The molecule has 0 aliphatic heterocycles. The Bertz CT molecular complexity index is 2580. The van der Waals surface area contributed by atoms with Crippen LogP contribution >= 0.6 is 31.7 Å². The van der Waals surface area contributed by atoms with Crippen molar-refractivity contribution in [2.24, 2.45) is 0 Å². The van der Waals surface area contributed by atoms with E-state index in [-0.39, 0.29) is 19.5 Å². The van der Waals surface area contributed by atoms with Gasteiger partial charge in [-0.1, -0.05) is 218 Å². The Morgan fingerprint density at radius 1 is 0.295 bits per heavy atom. The summed E-state index contributed by atoms with van der Waals surface area (Å²) in [7, 11) is -1.15. The maximum atomic E-state index is 9.75. The predicted octanol–water partition coefficient (Wildman–Crippen LogP) is 14.5. The Labute approximate surface area is 478 Å². The molecule has 4 nitrogen and oxygen atoms in total. The van der Waals surface area contributed by atoms with Crippen LogP contribution in [0.15, 0.2) is 243 Å². The van der Waals surface area contributed by atoms with E-state index in [0.717, 1.165) is 47.6 Å².